The molecule has 0 saturated carbocycles. The number of carbonyl (C=O) groups excluding carboxylic acids is 1. The van der Waals surface area contributed by atoms with Crippen LogP contribution in [0.1, 0.15) is 18.9 Å². The van der Waals surface area contributed by atoms with Gasteiger partial charge in [-0.15, -0.1) is 0 Å². The van der Waals surface area contributed by atoms with Gasteiger partial charge in [0.05, 0.1) is 18.1 Å². The van der Waals surface area contributed by atoms with Gasteiger partial charge in [0, 0.05) is 6.04 Å². The molecule has 1 aromatic carbocycles. The van der Waals surface area contributed by atoms with Gasteiger partial charge in [-0.05, 0) is 18.9 Å². The lowest BCUT2D eigenvalue weighted by molar-refractivity contribution is -0.133. The number of ether oxygens (including phenoxy) is 1. The Bertz CT molecular complexity index is 556. The van der Waals surface area contributed by atoms with Gasteiger partial charge in [0.15, 0.2) is 9.84 Å². The van der Waals surface area contributed by atoms with E-state index in [0.717, 1.165) is 5.56 Å². The number of nitrogens with one attached hydrogen (secondary N) is 1. The molecular weight excluding hydrogens is 278 g/mol. The Kier molecular flexibility index (Phi) is 4.77. The zero-order valence-electron chi connectivity index (χ0n) is 11.4. The van der Waals surface area contributed by atoms with Crippen LogP contribution in [-0.2, 0) is 26.0 Å². The summed E-state index contributed by atoms with van der Waals surface area (Å²) in [7, 11) is -2.98. The Morgan fingerprint density at radius 3 is 2.70 bits per heavy atom. The van der Waals surface area contributed by atoms with Crippen LogP contribution in [0.15, 0.2) is 30.3 Å². The summed E-state index contributed by atoms with van der Waals surface area (Å²) < 4.78 is 28.1. The molecule has 20 heavy (non-hydrogen) atoms. The molecule has 0 radical (unpaired) electrons. The van der Waals surface area contributed by atoms with Gasteiger partial charge in [-0.3, -0.25) is 4.79 Å². The average Bonchev–Trinajstić information content (AvgIpc) is 2.76. The SMILES string of the molecule is C[C@H](OCc1ccccc1)C(=O)N[C@H]1CCS(=O)(=O)C1. The molecule has 0 aliphatic carbocycles. The van der Waals surface area contributed by atoms with Crippen molar-refractivity contribution >= 4 is 15.7 Å². The van der Waals surface area contributed by atoms with Crippen molar-refractivity contribution in [2.24, 2.45) is 0 Å². The van der Waals surface area contributed by atoms with E-state index >= 15 is 0 Å². The van der Waals surface area contributed by atoms with Crippen molar-refractivity contribution in [2.45, 2.75) is 32.1 Å². The second kappa shape index (κ2) is 6.37. The average molecular weight is 297 g/mol. The summed E-state index contributed by atoms with van der Waals surface area (Å²) in [6.07, 6.45) is -0.113. The molecular formula is C14H19NO4S. The minimum absolute atomic E-state index is 0.0319. The summed E-state index contributed by atoms with van der Waals surface area (Å²) in [6.45, 7) is 2.03. The lowest BCUT2D eigenvalue weighted by atomic mass is 10.2. The Balaban J connectivity index is 1.78. The molecule has 1 heterocycles. The van der Waals surface area contributed by atoms with E-state index in [1.54, 1.807) is 6.92 Å². The summed E-state index contributed by atoms with van der Waals surface area (Å²) in [4.78, 5) is 11.9. The minimum Gasteiger partial charge on any atom is -0.364 e. The first-order valence-corrected chi connectivity index (χ1v) is 8.45. The highest BCUT2D eigenvalue weighted by Crippen LogP contribution is 2.12. The third-order valence-corrected chi connectivity index (χ3v) is 5.06. The first-order valence-electron chi connectivity index (χ1n) is 6.62. The van der Waals surface area contributed by atoms with E-state index in [2.05, 4.69) is 5.32 Å². The van der Waals surface area contributed by atoms with Crippen LogP contribution in [0.4, 0.5) is 0 Å². The third-order valence-electron chi connectivity index (χ3n) is 3.29. The molecule has 1 N–H and O–H groups in total. The van der Waals surface area contributed by atoms with Crippen molar-refractivity contribution in [3.63, 3.8) is 0 Å². The molecule has 110 valence electrons. The summed E-state index contributed by atoms with van der Waals surface area (Å²) in [5.74, 6) is -0.0792. The van der Waals surface area contributed by atoms with Gasteiger partial charge in [0.2, 0.25) is 5.91 Å². The van der Waals surface area contributed by atoms with Gasteiger partial charge < -0.3 is 10.1 Å². The lowest BCUT2D eigenvalue weighted by Crippen LogP contribution is -2.41. The highest BCUT2D eigenvalue weighted by atomic mass is 32.2. The summed E-state index contributed by atoms with van der Waals surface area (Å²) >= 11 is 0. The molecule has 1 aliphatic heterocycles. The molecule has 0 bridgehead atoms. The number of hydrogen-bond donors (Lipinski definition) is 1. The second-order valence-corrected chi connectivity index (χ2v) is 7.28. The number of carbonyl (C=O) groups is 1. The van der Waals surface area contributed by atoms with Gasteiger partial charge in [-0.2, -0.15) is 0 Å². The lowest BCUT2D eigenvalue weighted by Gasteiger charge is -2.16. The zero-order valence-corrected chi connectivity index (χ0v) is 12.2. The van der Waals surface area contributed by atoms with Crippen molar-refractivity contribution in [2.75, 3.05) is 11.5 Å². The molecule has 5 nitrogen and oxygen atoms in total. The van der Waals surface area contributed by atoms with E-state index in [-0.39, 0.29) is 23.5 Å². The van der Waals surface area contributed by atoms with Gasteiger partial charge in [0.1, 0.15) is 6.10 Å². The maximum atomic E-state index is 11.9. The molecule has 1 saturated heterocycles. The van der Waals surface area contributed by atoms with Crippen LogP contribution in [-0.4, -0.2) is 38.0 Å². The fourth-order valence-electron chi connectivity index (χ4n) is 2.10. The number of rotatable bonds is 5. The molecule has 6 heteroatoms. The zero-order chi connectivity index (χ0) is 14.6. The molecule has 0 unspecified atom stereocenters. The maximum Gasteiger partial charge on any atom is 0.249 e. The summed E-state index contributed by atoms with van der Waals surface area (Å²) in [6, 6.07) is 9.30. The number of sulfone groups is 1. The van der Waals surface area contributed by atoms with Crippen LogP contribution in [0.25, 0.3) is 0 Å². The molecule has 0 aromatic heterocycles. The van der Waals surface area contributed by atoms with Crippen LogP contribution >= 0.6 is 0 Å². The van der Waals surface area contributed by atoms with Crippen LogP contribution in [0.5, 0.6) is 0 Å². The predicted molar refractivity (Wildman–Crippen MR) is 75.9 cm³/mol. The highest BCUT2D eigenvalue weighted by Gasteiger charge is 2.30. The van der Waals surface area contributed by atoms with Gasteiger partial charge in [-0.25, -0.2) is 8.42 Å². The Morgan fingerprint density at radius 1 is 1.40 bits per heavy atom. The van der Waals surface area contributed by atoms with E-state index in [1.807, 2.05) is 30.3 Å². The van der Waals surface area contributed by atoms with Crippen LogP contribution < -0.4 is 5.32 Å². The smallest absolute Gasteiger partial charge is 0.249 e. The first-order chi connectivity index (χ1) is 9.46. The minimum atomic E-state index is -2.98. The molecule has 2 rings (SSSR count). The van der Waals surface area contributed by atoms with Crippen LogP contribution in [0, 0.1) is 0 Å². The van der Waals surface area contributed by atoms with Crippen LogP contribution in [0.3, 0.4) is 0 Å². The van der Waals surface area contributed by atoms with Gasteiger partial charge >= 0.3 is 0 Å². The van der Waals surface area contributed by atoms with E-state index < -0.39 is 15.9 Å². The van der Waals surface area contributed by atoms with E-state index in [1.165, 1.54) is 0 Å². The molecule has 1 aliphatic rings. The largest absolute Gasteiger partial charge is 0.364 e. The number of hydrogen-bond acceptors (Lipinski definition) is 4. The number of amides is 1. The maximum absolute atomic E-state index is 11.9. The van der Waals surface area contributed by atoms with Crippen molar-refractivity contribution < 1.29 is 17.9 Å². The second-order valence-electron chi connectivity index (χ2n) is 5.05. The third kappa shape index (κ3) is 4.31. The Hall–Kier alpha value is -1.40. The molecule has 0 spiro atoms. The standard InChI is InChI=1S/C14H19NO4S/c1-11(19-9-12-5-3-2-4-6-12)14(16)15-13-7-8-20(17,18)10-13/h2-6,11,13H,7-10H2,1H3,(H,15,16)/t11-,13-/m0/s1. The quantitative estimate of drug-likeness (QED) is 0.876. The fraction of sp³-hybridized carbons (Fsp3) is 0.500. The Labute approximate surface area is 119 Å². The van der Waals surface area contributed by atoms with E-state index in [4.69, 9.17) is 4.74 Å². The Morgan fingerprint density at radius 2 is 2.10 bits per heavy atom. The predicted octanol–water partition coefficient (Wildman–Crippen LogP) is 0.895. The number of benzene rings is 1. The summed E-state index contributed by atoms with van der Waals surface area (Å²) in [5, 5.41) is 2.73. The molecule has 1 fully saturated rings. The van der Waals surface area contributed by atoms with E-state index in [0.29, 0.717) is 13.0 Å². The topological polar surface area (TPSA) is 72.5 Å². The van der Waals surface area contributed by atoms with Gasteiger partial charge in [-0.1, -0.05) is 30.3 Å². The first kappa shape index (κ1) is 15.0. The normalized spacial score (nSPS) is 22.4. The van der Waals surface area contributed by atoms with Crippen molar-refractivity contribution in [1.29, 1.82) is 0 Å². The van der Waals surface area contributed by atoms with Crippen molar-refractivity contribution in [1.82, 2.24) is 5.32 Å². The fourth-order valence-corrected chi connectivity index (χ4v) is 3.77. The monoisotopic (exact) mass is 297 g/mol. The highest BCUT2D eigenvalue weighted by molar-refractivity contribution is 7.91. The van der Waals surface area contributed by atoms with Gasteiger partial charge in [0.25, 0.3) is 0 Å². The van der Waals surface area contributed by atoms with Crippen molar-refractivity contribution in [3.05, 3.63) is 35.9 Å². The molecule has 1 aromatic rings. The molecule has 1 amide bonds. The van der Waals surface area contributed by atoms with Crippen LogP contribution in [0.2, 0.25) is 0 Å². The molecule has 2 atom stereocenters. The van der Waals surface area contributed by atoms with E-state index in [9.17, 15) is 13.2 Å². The summed E-state index contributed by atoms with van der Waals surface area (Å²) in [5.41, 5.74) is 0.996. The van der Waals surface area contributed by atoms with Crippen molar-refractivity contribution in [3.8, 4) is 0 Å².